The van der Waals surface area contributed by atoms with Gasteiger partial charge in [-0.3, -0.25) is 9.57 Å². The van der Waals surface area contributed by atoms with Gasteiger partial charge in [-0.05, 0) is 33.8 Å². The van der Waals surface area contributed by atoms with E-state index in [2.05, 4.69) is 30.0 Å². The molecule has 2 aliphatic heterocycles. The van der Waals surface area contributed by atoms with Crippen LogP contribution in [0.5, 0.6) is 5.88 Å². The molecule has 0 bridgehead atoms. The van der Waals surface area contributed by atoms with Crippen molar-refractivity contribution in [3.63, 3.8) is 0 Å². The first kappa shape index (κ1) is 15.5. The maximum atomic E-state index is 11.9. The number of ether oxygens (including phenoxy) is 2. The van der Waals surface area contributed by atoms with Crippen molar-refractivity contribution in [3.05, 3.63) is 32.4 Å². The Kier molecular flexibility index (Phi) is 3.87. The first-order valence-electron chi connectivity index (χ1n) is 6.63. The van der Waals surface area contributed by atoms with E-state index in [1.807, 2.05) is 0 Å². The third-order valence-electron chi connectivity index (χ3n) is 2.79. The second-order valence-corrected chi connectivity index (χ2v) is 4.16. The van der Waals surface area contributed by atoms with Gasteiger partial charge in [-0.2, -0.15) is 0 Å². The Morgan fingerprint density at radius 3 is 2.71 bits per heavy atom. The average molecular weight is 342 g/mol. The molecule has 0 atom stereocenters. The number of hydroxylamine groups is 2. The predicted octanol–water partition coefficient (Wildman–Crippen LogP) is -0.558. The van der Waals surface area contributed by atoms with Crippen molar-refractivity contribution in [2.75, 3.05) is 13.2 Å². The molecule has 3 rings (SSSR count). The molecule has 14 nitrogen and oxygen atoms in total. The summed E-state index contributed by atoms with van der Waals surface area (Å²) in [6, 6.07) is 0. The molecule has 0 unspecified atom stereocenters. The van der Waals surface area contributed by atoms with Gasteiger partial charge in [0, 0.05) is 0 Å². The molecule has 2 aliphatic rings. The molecule has 0 fully saturated rings. The molecule has 1 aromatic rings. The minimum Gasteiger partial charge on any atom is -0.722 e. The highest BCUT2D eigenvalue weighted by Gasteiger charge is 2.47. The van der Waals surface area contributed by atoms with E-state index in [-0.39, 0.29) is 51.5 Å². The first-order chi connectivity index (χ1) is 11.6. The van der Waals surface area contributed by atoms with Gasteiger partial charge in [0.25, 0.3) is 5.69 Å². The molecule has 0 aromatic carbocycles. The lowest BCUT2D eigenvalue weighted by molar-refractivity contribution is -0.803. The maximum Gasteiger partial charge on any atom is 0.435 e. The fourth-order valence-corrected chi connectivity index (χ4v) is 1.91. The normalized spacial score (nSPS) is 19.8. The monoisotopic (exact) mass is 342 g/mol. The van der Waals surface area contributed by atoms with Gasteiger partial charge in [0.2, 0.25) is 5.16 Å². The van der Waals surface area contributed by atoms with Gasteiger partial charge in [0.15, 0.2) is 16.3 Å². The van der Waals surface area contributed by atoms with E-state index < -0.39 is 11.4 Å². The van der Waals surface area contributed by atoms with Crippen LogP contribution in [0.3, 0.4) is 0 Å². The topological polar surface area (TPSA) is 161 Å². The summed E-state index contributed by atoms with van der Waals surface area (Å²) in [5.41, 5.74) is -1.65. The van der Waals surface area contributed by atoms with Crippen LogP contribution in [0.15, 0.2) is 26.3 Å². The standard InChI is InChI=1S/C10H10N6O8/c1-3-20-9-7(15(18)23-12-9)5-6(14(17)22-11-5)8-10(21-4-2)13-24-16(8)19/h3-4H2,1-2H3. The van der Waals surface area contributed by atoms with Crippen LogP contribution in [0.2, 0.25) is 0 Å². The fraction of sp³-hybridized carbons (Fsp3) is 0.400. The third-order valence-corrected chi connectivity index (χ3v) is 2.79. The van der Waals surface area contributed by atoms with Crippen molar-refractivity contribution in [3.8, 4) is 5.88 Å². The molecule has 0 amide bonds. The van der Waals surface area contributed by atoms with Crippen molar-refractivity contribution in [2.45, 2.75) is 13.8 Å². The van der Waals surface area contributed by atoms with Crippen molar-refractivity contribution in [1.82, 2.24) is 10.4 Å². The summed E-state index contributed by atoms with van der Waals surface area (Å²) < 4.78 is 14.7. The summed E-state index contributed by atoms with van der Waals surface area (Å²) in [7, 11) is 0. The SMILES string of the molecule is CCOC1=NO[N+](=O)C1=C1C(c2c(OCC)no[n+]2[O-])=NON1[O-]. The van der Waals surface area contributed by atoms with Crippen LogP contribution in [0.25, 0.3) is 0 Å². The Bertz CT molecular complexity index is 767. The van der Waals surface area contributed by atoms with Gasteiger partial charge in [0.1, 0.15) is 0 Å². The number of allylic oxidation sites excluding steroid dienone is 1. The molecule has 0 saturated carbocycles. The lowest BCUT2D eigenvalue weighted by Gasteiger charge is -2.19. The molecule has 24 heavy (non-hydrogen) atoms. The summed E-state index contributed by atoms with van der Waals surface area (Å²) in [6.45, 7) is 3.57. The number of nitrogens with zero attached hydrogens (tertiary/aromatic N) is 6. The largest absolute Gasteiger partial charge is 0.722 e. The summed E-state index contributed by atoms with van der Waals surface area (Å²) in [5.74, 6) is -0.525. The van der Waals surface area contributed by atoms with Crippen LogP contribution in [-0.4, -0.2) is 40.1 Å². The highest BCUT2D eigenvalue weighted by molar-refractivity contribution is 6.15. The average Bonchev–Trinajstić information content (AvgIpc) is 3.19. The van der Waals surface area contributed by atoms with Gasteiger partial charge in [-0.25, -0.2) is 5.23 Å². The quantitative estimate of drug-likeness (QED) is 0.648. The molecule has 0 N–H and O–H groups in total. The van der Waals surface area contributed by atoms with Gasteiger partial charge in [-0.15, -0.1) is 0 Å². The van der Waals surface area contributed by atoms with Crippen LogP contribution < -0.4 is 9.64 Å². The summed E-state index contributed by atoms with van der Waals surface area (Å²) in [5, 5.41) is 33.9. The molecule has 14 heteroatoms. The van der Waals surface area contributed by atoms with E-state index in [1.165, 1.54) is 0 Å². The van der Waals surface area contributed by atoms with Crippen LogP contribution in [0.1, 0.15) is 19.5 Å². The molecular formula is C10H10N6O8. The third kappa shape index (κ3) is 2.34. The van der Waals surface area contributed by atoms with Crippen molar-refractivity contribution >= 4 is 11.6 Å². The van der Waals surface area contributed by atoms with Crippen molar-refractivity contribution in [2.24, 2.45) is 10.3 Å². The van der Waals surface area contributed by atoms with Gasteiger partial charge < -0.3 is 19.9 Å². The van der Waals surface area contributed by atoms with Crippen LogP contribution >= 0.6 is 0 Å². The van der Waals surface area contributed by atoms with Gasteiger partial charge in [0.05, 0.1) is 18.4 Å². The second kappa shape index (κ2) is 5.99. The molecule has 3 heterocycles. The zero-order chi connectivity index (χ0) is 17.3. The van der Waals surface area contributed by atoms with E-state index in [9.17, 15) is 15.3 Å². The van der Waals surface area contributed by atoms with Crippen molar-refractivity contribution < 1.29 is 33.8 Å². The molecule has 1 aromatic heterocycles. The highest BCUT2D eigenvalue weighted by Crippen LogP contribution is 2.29. The minimum absolute atomic E-state index is 0.0463. The van der Waals surface area contributed by atoms with E-state index in [4.69, 9.17) is 9.47 Å². The van der Waals surface area contributed by atoms with Gasteiger partial charge in [-0.1, -0.05) is 0 Å². The van der Waals surface area contributed by atoms with Crippen LogP contribution in [-0.2, 0) is 14.6 Å². The first-order valence-corrected chi connectivity index (χ1v) is 6.63. The van der Waals surface area contributed by atoms with Crippen LogP contribution in [0, 0.1) is 15.3 Å². The Labute approximate surface area is 132 Å². The Balaban J connectivity index is 2.13. The molecule has 0 aliphatic carbocycles. The van der Waals surface area contributed by atoms with Crippen molar-refractivity contribution in [1.29, 1.82) is 0 Å². The molecule has 0 saturated heterocycles. The Morgan fingerprint density at radius 1 is 1.25 bits per heavy atom. The summed E-state index contributed by atoms with van der Waals surface area (Å²) in [6.07, 6.45) is 0. The summed E-state index contributed by atoms with van der Waals surface area (Å²) in [4.78, 5) is 20.6. The van der Waals surface area contributed by atoms with Gasteiger partial charge >= 0.3 is 17.5 Å². The number of rotatable bonds is 4. The number of hydrogen-bond acceptors (Lipinski definition) is 12. The lowest BCUT2D eigenvalue weighted by Crippen LogP contribution is -2.34. The fourth-order valence-electron chi connectivity index (χ4n) is 1.91. The van der Waals surface area contributed by atoms with E-state index in [0.717, 1.165) is 0 Å². The maximum absolute atomic E-state index is 11.9. The number of oxime groups is 2. The lowest BCUT2D eigenvalue weighted by atomic mass is 10.1. The Morgan fingerprint density at radius 2 is 2.00 bits per heavy atom. The zero-order valence-corrected chi connectivity index (χ0v) is 12.4. The second-order valence-electron chi connectivity index (χ2n) is 4.16. The predicted molar refractivity (Wildman–Crippen MR) is 70.3 cm³/mol. The van der Waals surface area contributed by atoms with E-state index in [0.29, 0.717) is 0 Å². The van der Waals surface area contributed by atoms with Crippen LogP contribution in [0.4, 0.5) is 0 Å². The smallest absolute Gasteiger partial charge is 0.435 e. The minimum atomic E-state index is -0.483. The molecular weight excluding hydrogens is 332 g/mol. The number of aromatic nitrogens is 2. The molecule has 0 spiro atoms. The van der Waals surface area contributed by atoms with E-state index in [1.54, 1.807) is 13.8 Å². The molecule has 0 radical (unpaired) electrons. The molecule has 128 valence electrons. The summed E-state index contributed by atoms with van der Waals surface area (Å²) >= 11 is 0. The highest BCUT2D eigenvalue weighted by atomic mass is 17.0. The zero-order valence-electron chi connectivity index (χ0n) is 12.4. The number of hydrogen-bond donors (Lipinski definition) is 0. The Hall–Kier alpha value is -3.42. The van der Waals surface area contributed by atoms with E-state index >= 15 is 0 Å².